The Labute approximate surface area is 122 Å². The summed E-state index contributed by atoms with van der Waals surface area (Å²) < 4.78 is 10.8. The van der Waals surface area contributed by atoms with Crippen molar-refractivity contribution in [2.45, 2.75) is 13.0 Å². The van der Waals surface area contributed by atoms with Gasteiger partial charge in [0.25, 0.3) is 5.69 Å². The van der Waals surface area contributed by atoms with E-state index in [9.17, 15) is 10.1 Å². The lowest BCUT2D eigenvalue weighted by molar-refractivity contribution is -0.384. The highest BCUT2D eigenvalue weighted by Gasteiger charge is 2.13. The number of nitro groups is 1. The van der Waals surface area contributed by atoms with E-state index in [1.54, 1.807) is 12.1 Å². The first-order valence-electron chi connectivity index (χ1n) is 6.37. The Kier molecular flexibility index (Phi) is 4.39. The Bertz CT molecular complexity index is 639. The van der Waals surface area contributed by atoms with Gasteiger partial charge in [-0.25, -0.2) is 0 Å². The molecule has 110 valence electrons. The monoisotopic (exact) mass is 288 g/mol. The van der Waals surface area contributed by atoms with Crippen molar-refractivity contribution in [3.05, 3.63) is 58.1 Å². The van der Waals surface area contributed by atoms with E-state index in [-0.39, 0.29) is 11.7 Å². The first-order chi connectivity index (χ1) is 10.0. The standard InChI is InChI=1S/C15H16N2O4/c1-10(16)11-3-6-13(7-4-11)21-15-9-12(17(18)19)5-8-14(15)20-2/h3-10H,16H2,1-2H3/t10-/m1/s1. The van der Waals surface area contributed by atoms with Gasteiger partial charge in [0.05, 0.1) is 18.1 Å². The minimum atomic E-state index is -0.481. The molecule has 6 heteroatoms. The van der Waals surface area contributed by atoms with Crippen molar-refractivity contribution >= 4 is 5.69 Å². The van der Waals surface area contributed by atoms with Crippen LogP contribution in [0.15, 0.2) is 42.5 Å². The maximum Gasteiger partial charge on any atom is 0.273 e. The fourth-order valence-electron chi connectivity index (χ4n) is 1.83. The van der Waals surface area contributed by atoms with Crippen LogP contribution >= 0.6 is 0 Å². The maximum atomic E-state index is 10.8. The molecule has 1 atom stereocenters. The first-order valence-corrected chi connectivity index (χ1v) is 6.37. The molecule has 0 heterocycles. The lowest BCUT2D eigenvalue weighted by Gasteiger charge is -2.11. The van der Waals surface area contributed by atoms with Crippen LogP contribution in [0.25, 0.3) is 0 Å². The molecule has 0 unspecified atom stereocenters. The molecule has 0 amide bonds. The third kappa shape index (κ3) is 3.49. The molecule has 0 aliphatic heterocycles. The molecular weight excluding hydrogens is 272 g/mol. The van der Waals surface area contributed by atoms with Crippen molar-refractivity contribution in [3.63, 3.8) is 0 Å². The van der Waals surface area contributed by atoms with Crippen molar-refractivity contribution < 1.29 is 14.4 Å². The molecule has 0 radical (unpaired) electrons. The van der Waals surface area contributed by atoms with Gasteiger partial charge >= 0.3 is 0 Å². The quantitative estimate of drug-likeness (QED) is 0.672. The smallest absolute Gasteiger partial charge is 0.273 e. The Morgan fingerprint density at radius 3 is 2.33 bits per heavy atom. The van der Waals surface area contributed by atoms with E-state index in [1.807, 2.05) is 19.1 Å². The third-order valence-electron chi connectivity index (χ3n) is 2.99. The second-order valence-electron chi connectivity index (χ2n) is 4.55. The first kappa shape index (κ1) is 14.8. The molecule has 2 N–H and O–H groups in total. The summed E-state index contributed by atoms with van der Waals surface area (Å²) >= 11 is 0. The molecule has 0 spiro atoms. The zero-order valence-electron chi connectivity index (χ0n) is 11.8. The van der Waals surface area contributed by atoms with Gasteiger partial charge in [-0.1, -0.05) is 12.1 Å². The molecule has 2 aromatic carbocycles. The minimum absolute atomic E-state index is 0.0574. The van der Waals surface area contributed by atoms with Crippen LogP contribution in [0, 0.1) is 10.1 Å². The van der Waals surface area contributed by atoms with Crippen LogP contribution in [-0.4, -0.2) is 12.0 Å². The largest absolute Gasteiger partial charge is 0.493 e. The molecule has 2 aromatic rings. The lowest BCUT2D eigenvalue weighted by atomic mass is 10.1. The molecule has 0 aliphatic carbocycles. The summed E-state index contributed by atoms with van der Waals surface area (Å²) in [6.07, 6.45) is 0. The Morgan fingerprint density at radius 1 is 1.14 bits per heavy atom. The predicted octanol–water partition coefficient (Wildman–Crippen LogP) is 3.42. The lowest BCUT2D eigenvalue weighted by Crippen LogP contribution is -2.04. The zero-order chi connectivity index (χ0) is 15.4. The summed E-state index contributed by atoms with van der Waals surface area (Å²) in [6.45, 7) is 1.89. The average molecular weight is 288 g/mol. The number of hydrogen-bond acceptors (Lipinski definition) is 5. The van der Waals surface area contributed by atoms with Gasteiger partial charge < -0.3 is 15.2 Å². The van der Waals surface area contributed by atoms with Gasteiger partial charge in [-0.3, -0.25) is 10.1 Å². The van der Waals surface area contributed by atoms with Gasteiger partial charge in [0.15, 0.2) is 11.5 Å². The highest BCUT2D eigenvalue weighted by Crippen LogP contribution is 2.34. The molecule has 0 aromatic heterocycles. The third-order valence-corrected chi connectivity index (χ3v) is 2.99. The number of hydrogen-bond donors (Lipinski definition) is 1. The number of nitrogens with two attached hydrogens (primary N) is 1. The molecule has 0 fully saturated rings. The molecule has 0 saturated carbocycles. The number of nitro benzene ring substituents is 1. The van der Waals surface area contributed by atoms with Gasteiger partial charge in [0, 0.05) is 12.1 Å². The number of non-ortho nitro benzene ring substituents is 1. The Morgan fingerprint density at radius 2 is 1.81 bits per heavy atom. The van der Waals surface area contributed by atoms with E-state index in [4.69, 9.17) is 15.2 Å². The second kappa shape index (κ2) is 6.23. The topological polar surface area (TPSA) is 87.6 Å². The molecule has 21 heavy (non-hydrogen) atoms. The van der Waals surface area contributed by atoms with Crippen molar-refractivity contribution in [3.8, 4) is 17.2 Å². The second-order valence-corrected chi connectivity index (χ2v) is 4.55. The van der Waals surface area contributed by atoms with Gasteiger partial charge in [-0.05, 0) is 30.7 Å². The highest BCUT2D eigenvalue weighted by molar-refractivity contribution is 5.50. The normalized spacial score (nSPS) is 11.8. The minimum Gasteiger partial charge on any atom is -0.493 e. The van der Waals surface area contributed by atoms with E-state index in [1.165, 1.54) is 25.3 Å². The summed E-state index contributed by atoms with van der Waals surface area (Å²) in [5.74, 6) is 1.27. The summed E-state index contributed by atoms with van der Waals surface area (Å²) in [4.78, 5) is 10.3. The van der Waals surface area contributed by atoms with Gasteiger partial charge in [-0.2, -0.15) is 0 Å². The summed E-state index contributed by atoms with van der Waals surface area (Å²) in [5, 5.41) is 10.8. The fourth-order valence-corrected chi connectivity index (χ4v) is 1.83. The van der Waals surface area contributed by atoms with Crippen LogP contribution in [0.2, 0.25) is 0 Å². The highest BCUT2D eigenvalue weighted by atomic mass is 16.6. The number of methoxy groups -OCH3 is 1. The van der Waals surface area contributed by atoms with Crippen molar-refractivity contribution in [1.29, 1.82) is 0 Å². The number of benzene rings is 2. The molecule has 6 nitrogen and oxygen atoms in total. The van der Waals surface area contributed by atoms with Crippen molar-refractivity contribution in [2.24, 2.45) is 5.73 Å². The van der Waals surface area contributed by atoms with Crippen LogP contribution < -0.4 is 15.2 Å². The predicted molar refractivity (Wildman–Crippen MR) is 78.8 cm³/mol. The number of ether oxygens (including phenoxy) is 2. The zero-order valence-corrected chi connectivity index (χ0v) is 11.8. The number of nitrogens with zero attached hydrogens (tertiary/aromatic N) is 1. The van der Waals surface area contributed by atoms with Crippen LogP contribution in [0.4, 0.5) is 5.69 Å². The SMILES string of the molecule is COc1ccc([N+](=O)[O-])cc1Oc1ccc([C@@H](C)N)cc1. The fraction of sp³-hybridized carbons (Fsp3) is 0.200. The summed E-state index contributed by atoms with van der Waals surface area (Å²) in [6, 6.07) is 11.4. The van der Waals surface area contributed by atoms with Crippen LogP contribution in [0.1, 0.15) is 18.5 Å². The molecule has 2 rings (SSSR count). The molecule has 0 bridgehead atoms. The summed E-state index contributed by atoms with van der Waals surface area (Å²) in [7, 11) is 1.48. The van der Waals surface area contributed by atoms with Gasteiger partial charge in [0.1, 0.15) is 5.75 Å². The average Bonchev–Trinajstić information content (AvgIpc) is 2.47. The molecular formula is C15H16N2O4. The van der Waals surface area contributed by atoms with E-state index in [2.05, 4.69) is 0 Å². The van der Waals surface area contributed by atoms with E-state index >= 15 is 0 Å². The van der Waals surface area contributed by atoms with Crippen molar-refractivity contribution in [2.75, 3.05) is 7.11 Å². The summed E-state index contributed by atoms with van der Waals surface area (Å²) in [5.41, 5.74) is 6.70. The Balaban J connectivity index is 2.29. The van der Waals surface area contributed by atoms with Gasteiger partial charge in [-0.15, -0.1) is 0 Å². The number of rotatable bonds is 5. The van der Waals surface area contributed by atoms with Crippen LogP contribution in [0.3, 0.4) is 0 Å². The van der Waals surface area contributed by atoms with Crippen molar-refractivity contribution in [1.82, 2.24) is 0 Å². The van der Waals surface area contributed by atoms with E-state index in [0.29, 0.717) is 17.2 Å². The van der Waals surface area contributed by atoms with Crippen LogP contribution in [-0.2, 0) is 0 Å². The van der Waals surface area contributed by atoms with E-state index in [0.717, 1.165) is 5.56 Å². The molecule has 0 saturated heterocycles. The Hall–Kier alpha value is -2.60. The van der Waals surface area contributed by atoms with Gasteiger partial charge in [0.2, 0.25) is 0 Å². The maximum absolute atomic E-state index is 10.8. The molecule has 0 aliphatic rings. The van der Waals surface area contributed by atoms with Crippen LogP contribution in [0.5, 0.6) is 17.2 Å². The van der Waals surface area contributed by atoms with E-state index < -0.39 is 4.92 Å².